The first-order valence-corrected chi connectivity index (χ1v) is 8.44. The Morgan fingerprint density at radius 1 is 1.58 bits per heavy atom. The van der Waals surface area contributed by atoms with Crippen molar-refractivity contribution in [3.63, 3.8) is 0 Å². The number of nitrogens with zero attached hydrogens (tertiary/aromatic N) is 1. The minimum absolute atomic E-state index is 0.247. The van der Waals surface area contributed by atoms with Gasteiger partial charge in [-0.05, 0) is 57.0 Å². The predicted molar refractivity (Wildman–Crippen MR) is 84.7 cm³/mol. The van der Waals surface area contributed by atoms with Crippen molar-refractivity contribution < 1.29 is 0 Å². The van der Waals surface area contributed by atoms with Gasteiger partial charge in [0, 0.05) is 23.0 Å². The van der Waals surface area contributed by atoms with Crippen LogP contribution in [0.1, 0.15) is 44.4 Å². The van der Waals surface area contributed by atoms with Crippen molar-refractivity contribution in [2.24, 2.45) is 11.7 Å². The second-order valence-corrected chi connectivity index (χ2v) is 7.22. The summed E-state index contributed by atoms with van der Waals surface area (Å²) in [5.41, 5.74) is 6.41. The van der Waals surface area contributed by atoms with Crippen molar-refractivity contribution in [3.05, 3.63) is 22.4 Å². The minimum Gasteiger partial charge on any atom is -0.329 e. The Hall–Kier alpha value is -0.380. The Balaban J connectivity index is 2.02. The summed E-state index contributed by atoms with van der Waals surface area (Å²) >= 11 is 1.86. The van der Waals surface area contributed by atoms with Crippen LogP contribution in [0.2, 0.25) is 0 Å². The zero-order chi connectivity index (χ0) is 13.9. The molecule has 1 fully saturated rings. The lowest BCUT2D eigenvalue weighted by atomic mass is 9.91. The summed E-state index contributed by atoms with van der Waals surface area (Å²) in [6.07, 6.45) is 6.35. The van der Waals surface area contributed by atoms with Crippen LogP contribution in [0, 0.1) is 5.92 Å². The van der Waals surface area contributed by atoms with E-state index in [1.54, 1.807) is 0 Å². The fourth-order valence-electron chi connectivity index (χ4n) is 3.54. The maximum Gasteiger partial charge on any atom is 0.0334 e. The third-order valence-electron chi connectivity index (χ3n) is 5.13. The molecule has 1 aliphatic rings. The van der Waals surface area contributed by atoms with Gasteiger partial charge in [-0.1, -0.05) is 19.4 Å². The van der Waals surface area contributed by atoms with Gasteiger partial charge in [-0.25, -0.2) is 0 Å². The molecule has 2 rings (SSSR count). The summed E-state index contributed by atoms with van der Waals surface area (Å²) in [6.45, 7) is 5.46. The summed E-state index contributed by atoms with van der Waals surface area (Å²) < 4.78 is 0. The molecule has 0 amide bonds. The zero-order valence-corrected chi connectivity index (χ0v) is 13.4. The lowest BCUT2D eigenvalue weighted by molar-refractivity contribution is 0.0859. The first-order valence-electron chi connectivity index (χ1n) is 7.56. The molecule has 1 heterocycles. The number of thiophene rings is 1. The molecule has 2 nitrogen and oxygen atoms in total. The largest absolute Gasteiger partial charge is 0.329 e. The van der Waals surface area contributed by atoms with Crippen LogP contribution in [0.25, 0.3) is 0 Å². The molecular weight excluding hydrogens is 252 g/mol. The molecule has 0 aromatic carbocycles. The van der Waals surface area contributed by atoms with Gasteiger partial charge in [0.1, 0.15) is 0 Å². The zero-order valence-electron chi connectivity index (χ0n) is 12.6. The van der Waals surface area contributed by atoms with E-state index >= 15 is 0 Å². The van der Waals surface area contributed by atoms with Crippen LogP contribution in [-0.2, 0) is 6.42 Å². The Morgan fingerprint density at radius 2 is 2.37 bits per heavy atom. The number of hydrogen-bond acceptors (Lipinski definition) is 3. The molecule has 3 unspecified atom stereocenters. The summed E-state index contributed by atoms with van der Waals surface area (Å²) in [5, 5.41) is 2.17. The van der Waals surface area contributed by atoms with Crippen molar-refractivity contribution in [1.29, 1.82) is 0 Å². The van der Waals surface area contributed by atoms with Crippen molar-refractivity contribution >= 4 is 11.3 Å². The first-order chi connectivity index (χ1) is 9.11. The van der Waals surface area contributed by atoms with Crippen molar-refractivity contribution in [1.82, 2.24) is 4.90 Å². The van der Waals surface area contributed by atoms with Crippen LogP contribution in [-0.4, -0.2) is 30.1 Å². The van der Waals surface area contributed by atoms with Gasteiger partial charge in [0.2, 0.25) is 0 Å². The molecule has 0 aliphatic heterocycles. The summed E-state index contributed by atoms with van der Waals surface area (Å²) in [6, 6.07) is 4.96. The normalized spacial score (nSPS) is 29.0. The molecule has 1 saturated carbocycles. The highest BCUT2D eigenvalue weighted by atomic mass is 32.1. The molecular formula is C16H28N2S. The molecule has 1 aromatic heterocycles. The van der Waals surface area contributed by atoms with E-state index in [1.165, 1.54) is 30.6 Å². The molecule has 108 valence electrons. The van der Waals surface area contributed by atoms with Crippen LogP contribution >= 0.6 is 11.3 Å². The smallest absolute Gasteiger partial charge is 0.0334 e. The molecule has 19 heavy (non-hydrogen) atoms. The topological polar surface area (TPSA) is 29.3 Å². The van der Waals surface area contributed by atoms with Crippen molar-refractivity contribution in [2.75, 3.05) is 13.6 Å². The van der Waals surface area contributed by atoms with Gasteiger partial charge < -0.3 is 5.73 Å². The van der Waals surface area contributed by atoms with E-state index < -0.39 is 0 Å². The third-order valence-corrected chi connectivity index (χ3v) is 6.03. The summed E-state index contributed by atoms with van der Waals surface area (Å²) in [4.78, 5) is 4.05. The van der Waals surface area contributed by atoms with Crippen LogP contribution in [0.15, 0.2) is 17.5 Å². The molecule has 2 N–H and O–H groups in total. The fraction of sp³-hybridized carbons (Fsp3) is 0.750. The molecule has 0 saturated heterocycles. The van der Waals surface area contributed by atoms with Gasteiger partial charge in [0.05, 0.1) is 0 Å². The summed E-state index contributed by atoms with van der Waals surface area (Å²) in [7, 11) is 2.28. The van der Waals surface area contributed by atoms with Gasteiger partial charge in [0.15, 0.2) is 0 Å². The summed E-state index contributed by atoms with van der Waals surface area (Å²) in [5.74, 6) is 0.875. The highest BCUT2D eigenvalue weighted by Crippen LogP contribution is 2.40. The van der Waals surface area contributed by atoms with Crippen LogP contribution in [0.5, 0.6) is 0 Å². The van der Waals surface area contributed by atoms with Gasteiger partial charge in [0.25, 0.3) is 0 Å². The van der Waals surface area contributed by atoms with Crippen molar-refractivity contribution in [2.45, 2.75) is 57.5 Å². The SMILES string of the molecule is CCC1CCC(CN)(N(C)C(C)Cc2cccs2)C1. The maximum absolute atomic E-state index is 6.16. The fourth-order valence-corrected chi connectivity index (χ4v) is 4.36. The number of hydrogen-bond donors (Lipinski definition) is 1. The molecule has 0 radical (unpaired) electrons. The number of likely N-dealkylation sites (N-methyl/N-ethyl adjacent to an activating group) is 1. The molecule has 1 aromatic rings. The monoisotopic (exact) mass is 280 g/mol. The average Bonchev–Trinajstić information content (AvgIpc) is 3.07. The van der Waals surface area contributed by atoms with Crippen LogP contribution in [0.3, 0.4) is 0 Å². The first kappa shape index (κ1) is 15.0. The van der Waals surface area contributed by atoms with E-state index in [0.29, 0.717) is 6.04 Å². The Labute approximate surface area is 122 Å². The molecule has 1 aliphatic carbocycles. The van der Waals surface area contributed by atoms with E-state index in [0.717, 1.165) is 18.9 Å². The van der Waals surface area contributed by atoms with Crippen LogP contribution in [0.4, 0.5) is 0 Å². The number of rotatable bonds is 6. The molecule has 0 spiro atoms. The second kappa shape index (κ2) is 6.38. The highest BCUT2D eigenvalue weighted by molar-refractivity contribution is 7.09. The van der Waals surface area contributed by atoms with Gasteiger partial charge in [-0.3, -0.25) is 4.90 Å². The van der Waals surface area contributed by atoms with Crippen LogP contribution < -0.4 is 5.73 Å². The molecule has 3 atom stereocenters. The maximum atomic E-state index is 6.16. The second-order valence-electron chi connectivity index (χ2n) is 6.19. The van der Waals surface area contributed by atoms with Gasteiger partial charge in [-0.15, -0.1) is 11.3 Å². The van der Waals surface area contributed by atoms with E-state index in [9.17, 15) is 0 Å². The lowest BCUT2D eigenvalue weighted by Crippen LogP contribution is -2.54. The van der Waals surface area contributed by atoms with E-state index in [4.69, 9.17) is 5.73 Å². The highest BCUT2D eigenvalue weighted by Gasteiger charge is 2.41. The quantitative estimate of drug-likeness (QED) is 0.864. The lowest BCUT2D eigenvalue weighted by Gasteiger charge is -2.42. The van der Waals surface area contributed by atoms with Gasteiger partial charge >= 0.3 is 0 Å². The van der Waals surface area contributed by atoms with E-state index in [1.807, 2.05) is 11.3 Å². The minimum atomic E-state index is 0.247. The van der Waals surface area contributed by atoms with Crippen molar-refractivity contribution in [3.8, 4) is 0 Å². The Bertz CT molecular complexity index is 376. The standard InChI is InChI=1S/C16H28N2S/c1-4-14-7-8-16(11-14,12-17)18(3)13(2)10-15-6-5-9-19-15/h5-6,9,13-14H,4,7-8,10-12,17H2,1-3H3. The predicted octanol–water partition coefficient (Wildman–Crippen LogP) is 3.52. The average molecular weight is 280 g/mol. The van der Waals surface area contributed by atoms with Gasteiger partial charge in [-0.2, -0.15) is 0 Å². The Kier molecular flexibility index (Phi) is 5.04. The molecule has 3 heteroatoms. The Morgan fingerprint density at radius 3 is 2.89 bits per heavy atom. The van der Waals surface area contributed by atoms with E-state index in [2.05, 4.69) is 43.3 Å². The molecule has 0 bridgehead atoms. The third kappa shape index (κ3) is 3.21. The number of nitrogens with two attached hydrogens (primary N) is 1. The van der Waals surface area contributed by atoms with E-state index in [-0.39, 0.29) is 5.54 Å².